The van der Waals surface area contributed by atoms with E-state index in [2.05, 4.69) is 19.2 Å². The minimum Gasteiger partial charge on any atom is -0.392 e. The normalized spacial score (nSPS) is 33.8. The fraction of sp³-hybridized carbons (Fsp3) is 1.00. The van der Waals surface area contributed by atoms with E-state index in [0.717, 1.165) is 6.42 Å². The van der Waals surface area contributed by atoms with Crippen molar-refractivity contribution in [2.75, 3.05) is 0 Å². The molecule has 2 atom stereocenters. The minimum absolute atomic E-state index is 0.0731. The van der Waals surface area contributed by atoms with Gasteiger partial charge >= 0.3 is 0 Å². The molecule has 0 aromatic carbocycles. The van der Waals surface area contributed by atoms with Crippen LogP contribution in [0.5, 0.6) is 0 Å². The first kappa shape index (κ1) is 16.3. The number of rotatable bonds is 2. The molecule has 0 aliphatic heterocycles. The van der Waals surface area contributed by atoms with Gasteiger partial charge in [0.1, 0.15) is 0 Å². The topological polar surface area (TPSA) is 32.3 Å². The molecule has 0 heterocycles. The van der Waals surface area contributed by atoms with E-state index in [0.29, 0.717) is 12.1 Å². The van der Waals surface area contributed by atoms with Crippen molar-refractivity contribution in [3.8, 4) is 0 Å². The molecule has 2 N–H and O–H groups in total. The first-order valence-corrected chi connectivity index (χ1v) is 9.05. The SMILES string of the molecule is CC1(C)C(O)CC1NC1CCCCCCCCCCC1. The van der Waals surface area contributed by atoms with Crippen LogP contribution in [0, 0.1) is 5.41 Å². The van der Waals surface area contributed by atoms with Gasteiger partial charge in [0.05, 0.1) is 6.10 Å². The van der Waals surface area contributed by atoms with Crippen LogP contribution in [0.2, 0.25) is 0 Å². The van der Waals surface area contributed by atoms with E-state index in [1.807, 2.05) is 0 Å². The van der Waals surface area contributed by atoms with Gasteiger partial charge in [-0.05, 0) is 19.3 Å². The Labute approximate surface area is 125 Å². The van der Waals surface area contributed by atoms with Crippen LogP contribution in [-0.4, -0.2) is 23.3 Å². The van der Waals surface area contributed by atoms with E-state index in [4.69, 9.17) is 0 Å². The number of aliphatic hydroxyl groups excluding tert-OH is 1. The molecule has 118 valence electrons. The van der Waals surface area contributed by atoms with Crippen molar-refractivity contribution in [3.05, 3.63) is 0 Å². The lowest BCUT2D eigenvalue weighted by atomic mass is 9.64. The second-order valence-electron chi connectivity index (χ2n) is 7.75. The second kappa shape index (κ2) is 7.79. The number of hydrogen-bond acceptors (Lipinski definition) is 2. The van der Waals surface area contributed by atoms with Gasteiger partial charge in [-0.25, -0.2) is 0 Å². The molecule has 2 nitrogen and oxygen atoms in total. The highest BCUT2D eigenvalue weighted by atomic mass is 16.3. The van der Waals surface area contributed by atoms with Gasteiger partial charge in [-0.1, -0.05) is 71.6 Å². The highest BCUT2D eigenvalue weighted by Gasteiger charge is 2.47. The van der Waals surface area contributed by atoms with Gasteiger partial charge in [0.2, 0.25) is 0 Å². The lowest BCUT2D eigenvalue weighted by Gasteiger charge is -2.51. The molecule has 2 rings (SSSR count). The largest absolute Gasteiger partial charge is 0.392 e. The summed E-state index contributed by atoms with van der Waals surface area (Å²) in [7, 11) is 0. The summed E-state index contributed by atoms with van der Waals surface area (Å²) in [4.78, 5) is 0. The van der Waals surface area contributed by atoms with Crippen molar-refractivity contribution >= 4 is 0 Å². The predicted octanol–water partition coefficient (Wildman–Crippen LogP) is 4.41. The molecule has 0 radical (unpaired) electrons. The Morgan fingerprint density at radius 2 is 1.25 bits per heavy atom. The molecule has 0 amide bonds. The molecule has 2 heteroatoms. The molecule has 20 heavy (non-hydrogen) atoms. The molecule has 2 aliphatic rings. The van der Waals surface area contributed by atoms with Gasteiger partial charge < -0.3 is 10.4 Å². The van der Waals surface area contributed by atoms with Crippen LogP contribution in [0.3, 0.4) is 0 Å². The Bertz CT molecular complexity index is 265. The van der Waals surface area contributed by atoms with E-state index in [1.165, 1.54) is 70.6 Å². The lowest BCUT2D eigenvalue weighted by molar-refractivity contribution is -0.0765. The summed E-state index contributed by atoms with van der Waals surface area (Å²) in [6.07, 6.45) is 16.3. The Kier molecular flexibility index (Phi) is 6.35. The summed E-state index contributed by atoms with van der Waals surface area (Å²) >= 11 is 0. The summed E-state index contributed by atoms with van der Waals surface area (Å²) in [5, 5.41) is 13.8. The average molecular weight is 281 g/mol. The van der Waals surface area contributed by atoms with Gasteiger partial charge in [-0.15, -0.1) is 0 Å². The molecule has 2 saturated carbocycles. The maximum atomic E-state index is 9.89. The minimum atomic E-state index is -0.105. The highest BCUT2D eigenvalue weighted by molar-refractivity contribution is 5.02. The molecule has 2 fully saturated rings. The third-order valence-electron chi connectivity index (χ3n) is 5.76. The van der Waals surface area contributed by atoms with Gasteiger partial charge in [-0.3, -0.25) is 0 Å². The first-order valence-electron chi connectivity index (χ1n) is 9.05. The van der Waals surface area contributed by atoms with Crippen LogP contribution >= 0.6 is 0 Å². The molecule has 0 aromatic heterocycles. The Morgan fingerprint density at radius 1 is 0.800 bits per heavy atom. The monoisotopic (exact) mass is 281 g/mol. The van der Waals surface area contributed by atoms with Crippen LogP contribution in [-0.2, 0) is 0 Å². The van der Waals surface area contributed by atoms with E-state index >= 15 is 0 Å². The first-order chi connectivity index (χ1) is 9.60. The Hall–Kier alpha value is -0.0800. The molecule has 0 aromatic rings. The van der Waals surface area contributed by atoms with E-state index in [-0.39, 0.29) is 11.5 Å². The van der Waals surface area contributed by atoms with Crippen molar-refractivity contribution in [2.24, 2.45) is 5.41 Å². The molecule has 0 saturated heterocycles. The summed E-state index contributed by atoms with van der Waals surface area (Å²) in [6, 6.07) is 1.21. The highest BCUT2D eigenvalue weighted by Crippen LogP contribution is 2.41. The van der Waals surface area contributed by atoms with Crippen LogP contribution in [0.4, 0.5) is 0 Å². The zero-order valence-electron chi connectivity index (χ0n) is 13.7. The number of nitrogens with one attached hydrogen (secondary N) is 1. The maximum absolute atomic E-state index is 9.89. The fourth-order valence-electron chi connectivity index (χ4n) is 3.80. The summed E-state index contributed by atoms with van der Waals surface area (Å²) in [5.41, 5.74) is 0.0731. The van der Waals surface area contributed by atoms with Gasteiger partial charge in [0, 0.05) is 17.5 Å². The molecule has 2 unspecified atom stereocenters. The van der Waals surface area contributed by atoms with Gasteiger partial charge in [0.25, 0.3) is 0 Å². The number of aliphatic hydroxyl groups is 1. The zero-order valence-corrected chi connectivity index (χ0v) is 13.7. The summed E-state index contributed by atoms with van der Waals surface area (Å²) in [5.74, 6) is 0. The number of hydrogen-bond donors (Lipinski definition) is 2. The van der Waals surface area contributed by atoms with Crippen molar-refractivity contribution in [2.45, 2.75) is 109 Å². The van der Waals surface area contributed by atoms with E-state index in [1.54, 1.807) is 0 Å². The maximum Gasteiger partial charge on any atom is 0.0621 e. The van der Waals surface area contributed by atoms with E-state index in [9.17, 15) is 5.11 Å². The molecular weight excluding hydrogens is 246 g/mol. The van der Waals surface area contributed by atoms with Crippen LogP contribution < -0.4 is 5.32 Å². The third-order valence-corrected chi connectivity index (χ3v) is 5.76. The smallest absolute Gasteiger partial charge is 0.0621 e. The average Bonchev–Trinajstić information content (AvgIpc) is 2.41. The van der Waals surface area contributed by atoms with Crippen molar-refractivity contribution in [1.82, 2.24) is 5.32 Å². The standard InChI is InChI=1S/C18H35NO/c1-18(2)16(14-17(18)20)19-15-12-10-8-6-4-3-5-7-9-11-13-15/h15-17,19-20H,3-14H2,1-2H3. The van der Waals surface area contributed by atoms with Gasteiger partial charge in [-0.2, -0.15) is 0 Å². The summed E-state index contributed by atoms with van der Waals surface area (Å²) in [6.45, 7) is 4.41. The second-order valence-corrected chi connectivity index (χ2v) is 7.75. The van der Waals surface area contributed by atoms with Gasteiger partial charge in [0.15, 0.2) is 0 Å². The molecule has 2 aliphatic carbocycles. The predicted molar refractivity (Wildman–Crippen MR) is 85.9 cm³/mol. The third kappa shape index (κ3) is 4.46. The van der Waals surface area contributed by atoms with Crippen LogP contribution in [0.15, 0.2) is 0 Å². The fourth-order valence-corrected chi connectivity index (χ4v) is 3.80. The van der Waals surface area contributed by atoms with Crippen LogP contribution in [0.1, 0.15) is 90.9 Å². The van der Waals surface area contributed by atoms with Crippen molar-refractivity contribution < 1.29 is 5.11 Å². The van der Waals surface area contributed by atoms with Crippen molar-refractivity contribution in [3.63, 3.8) is 0 Å². The molecule has 0 bridgehead atoms. The Balaban J connectivity index is 1.77. The quantitative estimate of drug-likeness (QED) is 0.786. The Morgan fingerprint density at radius 3 is 1.65 bits per heavy atom. The summed E-state index contributed by atoms with van der Waals surface area (Å²) < 4.78 is 0. The molecular formula is C18H35NO. The van der Waals surface area contributed by atoms with Crippen LogP contribution in [0.25, 0.3) is 0 Å². The zero-order chi connectivity index (χ0) is 14.4. The molecule has 0 spiro atoms. The lowest BCUT2D eigenvalue weighted by Crippen LogP contribution is -2.61. The van der Waals surface area contributed by atoms with Crippen molar-refractivity contribution in [1.29, 1.82) is 0 Å². The van der Waals surface area contributed by atoms with E-state index < -0.39 is 0 Å².